The number of rotatable bonds is 5. The Morgan fingerprint density at radius 1 is 1.39 bits per heavy atom. The molecule has 0 spiro atoms. The summed E-state index contributed by atoms with van der Waals surface area (Å²) in [6.45, 7) is 2.07. The maximum Gasteiger partial charge on any atom is 0.174 e. The SMILES string of the molecule is CCCCCC(=O)C1Cc2c(F)cccc2C1=O. The molecule has 0 amide bonds. The Hall–Kier alpha value is -1.51. The molecule has 0 saturated heterocycles. The van der Waals surface area contributed by atoms with Crippen molar-refractivity contribution in [2.45, 2.75) is 39.0 Å². The first-order valence-corrected chi connectivity index (χ1v) is 6.49. The predicted octanol–water partition coefficient (Wildman–Crippen LogP) is 3.33. The zero-order chi connectivity index (χ0) is 13.1. The molecule has 0 bridgehead atoms. The Balaban J connectivity index is 2.09. The van der Waals surface area contributed by atoms with Crippen LogP contribution in [-0.4, -0.2) is 11.6 Å². The van der Waals surface area contributed by atoms with E-state index < -0.39 is 5.92 Å². The third-order valence-corrected chi connectivity index (χ3v) is 3.52. The van der Waals surface area contributed by atoms with E-state index in [0.29, 0.717) is 17.5 Å². The number of ketones is 2. The molecule has 0 saturated carbocycles. The molecule has 1 atom stereocenters. The zero-order valence-corrected chi connectivity index (χ0v) is 10.5. The van der Waals surface area contributed by atoms with Gasteiger partial charge >= 0.3 is 0 Å². The van der Waals surface area contributed by atoms with Gasteiger partial charge in [0.15, 0.2) is 5.78 Å². The summed E-state index contributed by atoms with van der Waals surface area (Å²) in [5, 5.41) is 0. The van der Waals surface area contributed by atoms with Gasteiger partial charge in [-0.05, 0) is 24.5 Å². The minimum atomic E-state index is -0.645. The van der Waals surface area contributed by atoms with E-state index in [0.717, 1.165) is 19.3 Å². The van der Waals surface area contributed by atoms with E-state index in [4.69, 9.17) is 0 Å². The topological polar surface area (TPSA) is 34.1 Å². The molecule has 0 fully saturated rings. The lowest BCUT2D eigenvalue weighted by atomic mass is 9.95. The van der Waals surface area contributed by atoms with Gasteiger partial charge in [0.25, 0.3) is 0 Å². The van der Waals surface area contributed by atoms with Crippen molar-refractivity contribution in [2.75, 3.05) is 0 Å². The summed E-state index contributed by atoms with van der Waals surface area (Å²) in [5.74, 6) is -1.26. The highest BCUT2D eigenvalue weighted by Gasteiger charge is 2.36. The van der Waals surface area contributed by atoms with Gasteiger partial charge in [-0.1, -0.05) is 31.9 Å². The summed E-state index contributed by atoms with van der Waals surface area (Å²) in [6.07, 6.45) is 3.53. The van der Waals surface area contributed by atoms with Crippen LogP contribution in [0.5, 0.6) is 0 Å². The Morgan fingerprint density at radius 3 is 2.83 bits per heavy atom. The molecule has 2 nitrogen and oxygen atoms in total. The molecule has 1 aliphatic rings. The lowest BCUT2D eigenvalue weighted by Gasteiger charge is -2.06. The molecular weight excluding hydrogens is 231 g/mol. The van der Waals surface area contributed by atoms with Crippen molar-refractivity contribution in [2.24, 2.45) is 5.92 Å². The molecule has 96 valence electrons. The average molecular weight is 248 g/mol. The van der Waals surface area contributed by atoms with E-state index in [9.17, 15) is 14.0 Å². The molecule has 0 heterocycles. The van der Waals surface area contributed by atoms with Crippen molar-refractivity contribution < 1.29 is 14.0 Å². The lowest BCUT2D eigenvalue weighted by Crippen LogP contribution is -2.20. The summed E-state index contributed by atoms with van der Waals surface area (Å²) in [6, 6.07) is 4.48. The quantitative estimate of drug-likeness (QED) is 0.591. The molecule has 2 rings (SSSR count). The van der Waals surface area contributed by atoms with Crippen LogP contribution in [0.15, 0.2) is 18.2 Å². The molecule has 1 aromatic rings. The number of benzene rings is 1. The van der Waals surface area contributed by atoms with E-state index in [1.807, 2.05) is 0 Å². The first-order chi connectivity index (χ1) is 8.65. The van der Waals surface area contributed by atoms with Crippen LogP contribution >= 0.6 is 0 Å². The Kier molecular flexibility index (Phi) is 3.90. The van der Waals surface area contributed by atoms with Crippen molar-refractivity contribution in [3.05, 3.63) is 35.1 Å². The fourth-order valence-electron chi connectivity index (χ4n) is 2.47. The Labute approximate surface area is 106 Å². The first kappa shape index (κ1) is 12.9. The summed E-state index contributed by atoms with van der Waals surface area (Å²) in [4.78, 5) is 24.0. The van der Waals surface area contributed by atoms with Gasteiger partial charge in [0, 0.05) is 12.0 Å². The zero-order valence-electron chi connectivity index (χ0n) is 10.5. The standard InChI is InChI=1S/C15H17FO2/c1-2-3-4-8-14(17)12-9-11-10(15(12)18)6-5-7-13(11)16/h5-7,12H,2-4,8-9H2,1H3. The number of carbonyl (C=O) groups excluding carboxylic acids is 2. The number of fused-ring (bicyclic) bond motifs is 1. The Bertz CT molecular complexity index is 479. The summed E-state index contributed by atoms with van der Waals surface area (Å²) in [5.41, 5.74) is 0.806. The summed E-state index contributed by atoms with van der Waals surface area (Å²) < 4.78 is 13.5. The van der Waals surface area contributed by atoms with Crippen molar-refractivity contribution in [1.82, 2.24) is 0 Å². The molecule has 0 N–H and O–H groups in total. The van der Waals surface area contributed by atoms with Crippen LogP contribution in [0.3, 0.4) is 0 Å². The minimum Gasteiger partial charge on any atom is -0.299 e. The van der Waals surface area contributed by atoms with E-state index in [1.165, 1.54) is 12.1 Å². The number of Topliss-reactive ketones (excluding diaryl/α,β-unsaturated/α-hetero) is 2. The maximum atomic E-state index is 13.5. The van der Waals surface area contributed by atoms with E-state index in [-0.39, 0.29) is 23.8 Å². The molecule has 0 aromatic heterocycles. The molecule has 1 unspecified atom stereocenters. The number of unbranched alkanes of at least 4 members (excludes halogenated alkanes) is 2. The molecular formula is C15H17FO2. The minimum absolute atomic E-state index is 0.0379. The van der Waals surface area contributed by atoms with Crippen molar-refractivity contribution in [3.8, 4) is 0 Å². The molecule has 1 aliphatic carbocycles. The summed E-state index contributed by atoms with van der Waals surface area (Å²) in [7, 11) is 0. The third-order valence-electron chi connectivity index (χ3n) is 3.52. The largest absolute Gasteiger partial charge is 0.299 e. The normalized spacial score (nSPS) is 17.9. The van der Waals surface area contributed by atoms with Crippen molar-refractivity contribution in [1.29, 1.82) is 0 Å². The van der Waals surface area contributed by atoms with Gasteiger partial charge in [-0.25, -0.2) is 4.39 Å². The fraction of sp³-hybridized carbons (Fsp3) is 0.467. The van der Waals surface area contributed by atoms with Gasteiger partial charge in [-0.3, -0.25) is 9.59 Å². The third kappa shape index (κ3) is 2.35. The number of carbonyl (C=O) groups is 2. The molecule has 1 aromatic carbocycles. The van der Waals surface area contributed by atoms with Crippen LogP contribution in [0.1, 0.15) is 48.5 Å². The second-order valence-electron chi connectivity index (χ2n) is 4.81. The van der Waals surface area contributed by atoms with Gasteiger partial charge in [-0.2, -0.15) is 0 Å². The van der Waals surface area contributed by atoms with Gasteiger partial charge in [-0.15, -0.1) is 0 Å². The number of hydrogen-bond donors (Lipinski definition) is 0. The first-order valence-electron chi connectivity index (χ1n) is 6.49. The second-order valence-corrected chi connectivity index (χ2v) is 4.81. The average Bonchev–Trinajstić information content (AvgIpc) is 2.69. The maximum absolute atomic E-state index is 13.5. The van der Waals surface area contributed by atoms with Crippen LogP contribution in [0.2, 0.25) is 0 Å². The molecule has 3 heteroatoms. The Morgan fingerprint density at radius 2 is 2.17 bits per heavy atom. The van der Waals surface area contributed by atoms with Gasteiger partial charge in [0.1, 0.15) is 11.6 Å². The monoisotopic (exact) mass is 248 g/mol. The fourth-order valence-corrected chi connectivity index (χ4v) is 2.47. The van der Waals surface area contributed by atoms with Gasteiger partial charge < -0.3 is 0 Å². The second kappa shape index (κ2) is 5.42. The lowest BCUT2D eigenvalue weighted by molar-refractivity contribution is -0.121. The number of hydrogen-bond acceptors (Lipinski definition) is 2. The molecule has 0 radical (unpaired) electrons. The van der Waals surface area contributed by atoms with Crippen molar-refractivity contribution in [3.63, 3.8) is 0 Å². The predicted molar refractivity (Wildman–Crippen MR) is 67.1 cm³/mol. The van der Waals surface area contributed by atoms with Crippen LogP contribution in [0, 0.1) is 11.7 Å². The van der Waals surface area contributed by atoms with Crippen molar-refractivity contribution >= 4 is 11.6 Å². The summed E-state index contributed by atoms with van der Waals surface area (Å²) >= 11 is 0. The van der Waals surface area contributed by atoms with Crippen LogP contribution in [-0.2, 0) is 11.2 Å². The highest BCUT2D eigenvalue weighted by Crippen LogP contribution is 2.30. The number of halogens is 1. The van der Waals surface area contributed by atoms with Crippen LogP contribution in [0.4, 0.5) is 4.39 Å². The van der Waals surface area contributed by atoms with E-state index in [1.54, 1.807) is 6.07 Å². The van der Waals surface area contributed by atoms with E-state index >= 15 is 0 Å². The van der Waals surface area contributed by atoms with Gasteiger partial charge in [0.2, 0.25) is 0 Å². The highest BCUT2D eigenvalue weighted by atomic mass is 19.1. The highest BCUT2D eigenvalue weighted by molar-refractivity contribution is 6.14. The molecule has 18 heavy (non-hydrogen) atoms. The molecule has 0 aliphatic heterocycles. The van der Waals surface area contributed by atoms with Crippen LogP contribution < -0.4 is 0 Å². The smallest absolute Gasteiger partial charge is 0.174 e. The van der Waals surface area contributed by atoms with Crippen LogP contribution in [0.25, 0.3) is 0 Å². The van der Waals surface area contributed by atoms with Gasteiger partial charge in [0.05, 0.1) is 5.92 Å². The van der Waals surface area contributed by atoms with E-state index in [2.05, 4.69) is 6.92 Å².